The van der Waals surface area contributed by atoms with E-state index in [4.69, 9.17) is 11.6 Å². The lowest BCUT2D eigenvalue weighted by atomic mass is 9.83. The van der Waals surface area contributed by atoms with Crippen LogP contribution >= 0.6 is 11.6 Å². The highest BCUT2D eigenvalue weighted by atomic mass is 35.5. The van der Waals surface area contributed by atoms with Gasteiger partial charge in [0.05, 0.1) is 16.2 Å². The largest absolute Gasteiger partial charge is 0.332 e. The number of benzene rings is 1. The molecule has 2 aromatic rings. The van der Waals surface area contributed by atoms with Crippen LogP contribution in [0.1, 0.15) is 18.7 Å². The predicted octanol–water partition coefficient (Wildman–Crippen LogP) is 3.14. The van der Waals surface area contributed by atoms with Crippen LogP contribution in [0.25, 0.3) is 0 Å². The molecule has 1 N–H and O–H groups in total. The minimum atomic E-state index is -0.606. The number of aromatic nitrogens is 2. The maximum Gasteiger partial charge on any atom is 0.321 e. The number of amides is 2. The van der Waals surface area contributed by atoms with Crippen molar-refractivity contribution in [2.45, 2.75) is 24.9 Å². The van der Waals surface area contributed by atoms with Crippen molar-refractivity contribution >= 4 is 23.3 Å². The molecule has 0 saturated carbocycles. The van der Waals surface area contributed by atoms with Gasteiger partial charge in [-0.1, -0.05) is 17.7 Å². The number of likely N-dealkylation sites (tertiary alicyclic amines) is 1. The number of fused-ring (bicyclic) bond motifs is 2. The van der Waals surface area contributed by atoms with Gasteiger partial charge in [0.25, 0.3) is 0 Å². The molecule has 1 spiro atoms. The van der Waals surface area contributed by atoms with E-state index < -0.39 is 5.82 Å². The minimum absolute atomic E-state index is 0.00364. The van der Waals surface area contributed by atoms with E-state index in [1.54, 1.807) is 11.0 Å². The summed E-state index contributed by atoms with van der Waals surface area (Å²) in [6.07, 6.45) is 5.46. The average Bonchev–Trinajstić information content (AvgIpc) is 3.13. The fourth-order valence-corrected chi connectivity index (χ4v) is 4.19. The van der Waals surface area contributed by atoms with Gasteiger partial charge in [-0.2, -0.15) is 0 Å². The molecule has 2 aliphatic heterocycles. The van der Waals surface area contributed by atoms with Crippen LogP contribution in [-0.4, -0.2) is 52.1 Å². The standard InChI is InChI=1S/C18H21ClFN5O/c1-23-11-12-24-10-7-21-16(24)18(23)5-8-25(9-6-18)17(26)22-14-4-2-3-13(19)15(14)20/h2-4,7,10H,5-6,8-9,11-12H2,1H3,(H,22,26). The Hall–Kier alpha value is -2.12. The molecule has 2 aliphatic rings. The minimum Gasteiger partial charge on any atom is -0.332 e. The summed E-state index contributed by atoms with van der Waals surface area (Å²) < 4.78 is 16.2. The van der Waals surface area contributed by atoms with Crippen molar-refractivity contribution in [3.63, 3.8) is 0 Å². The molecule has 4 rings (SSSR count). The summed E-state index contributed by atoms with van der Waals surface area (Å²) in [4.78, 5) is 21.2. The van der Waals surface area contributed by atoms with Crippen molar-refractivity contribution in [2.75, 3.05) is 32.0 Å². The summed E-state index contributed by atoms with van der Waals surface area (Å²) in [5.74, 6) is 0.470. The quantitative estimate of drug-likeness (QED) is 0.830. The highest BCUT2D eigenvalue weighted by Crippen LogP contribution is 2.39. The summed E-state index contributed by atoms with van der Waals surface area (Å²) in [5.41, 5.74) is -0.0343. The monoisotopic (exact) mass is 377 g/mol. The predicted molar refractivity (Wildman–Crippen MR) is 97.8 cm³/mol. The third-order valence-corrected chi connectivity index (χ3v) is 5.90. The van der Waals surface area contributed by atoms with Crippen molar-refractivity contribution < 1.29 is 9.18 Å². The lowest BCUT2D eigenvalue weighted by Crippen LogP contribution is -2.57. The first kappa shape index (κ1) is 17.3. The van der Waals surface area contributed by atoms with Gasteiger partial charge in [-0.15, -0.1) is 0 Å². The molecular formula is C18H21ClFN5O. The molecule has 0 aliphatic carbocycles. The van der Waals surface area contributed by atoms with E-state index in [1.165, 1.54) is 12.1 Å². The molecule has 1 saturated heterocycles. The van der Waals surface area contributed by atoms with Gasteiger partial charge in [-0.25, -0.2) is 14.2 Å². The zero-order valence-corrected chi connectivity index (χ0v) is 15.3. The Labute approximate surface area is 156 Å². The number of nitrogens with zero attached hydrogens (tertiary/aromatic N) is 4. The van der Waals surface area contributed by atoms with Gasteiger partial charge in [0, 0.05) is 38.6 Å². The average molecular weight is 378 g/mol. The molecule has 8 heteroatoms. The maximum atomic E-state index is 14.0. The number of hydrogen-bond donors (Lipinski definition) is 1. The van der Waals surface area contributed by atoms with Gasteiger partial charge in [0.2, 0.25) is 0 Å². The Morgan fingerprint density at radius 3 is 2.81 bits per heavy atom. The summed E-state index contributed by atoms with van der Waals surface area (Å²) in [6.45, 7) is 3.07. The van der Waals surface area contributed by atoms with Crippen molar-refractivity contribution in [1.82, 2.24) is 19.4 Å². The van der Waals surface area contributed by atoms with Gasteiger partial charge in [0.15, 0.2) is 5.82 Å². The normalized spacial score (nSPS) is 19.4. The van der Waals surface area contributed by atoms with E-state index in [0.29, 0.717) is 13.1 Å². The fourth-order valence-electron chi connectivity index (χ4n) is 4.02. The number of halogens is 2. The topological polar surface area (TPSA) is 53.4 Å². The molecule has 2 amide bonds. The van der Waals surface area contributed by atoms with Crippen LogP contribution < -0.4 is 5.32 Å². The third-order valence-electron chi connectivity index (χ3n) is 5.61. The van der Waals surface area contributed by atoms with Crippen LogP contribution in [0, 0.1) is 5.82 Å². The Balaban J connectivity index is 1.47. The van der Waals surface area contributed by atoms with Gasteiger partial charge in [-0.05, 0) is 32.0 Å². The van der Waals surface area contributed by atoms with Gasteiger partial charge < -0.3 is 14.8 Å². The van der Waals surface area contributed by atoms with Crippen LogP contribution in [0.5, 0.6) is 0 Å². The number of rotatable bonds is 1. The van der Waals surface area contributed by atoms with E-state index in [-0.39, 0.29) is 22.3 Å². The van der Waals surface area contributed by atoms with Gasteiger partial charge in [0.1, 0.15) is 5.82 Å². The van der Waals surface area contributed by atoms with Gasteiger partial charge >= 0.3 is 6.03 Å². The van der Waals surface area contributed by atoms with Crippen LogP contribution in [0.15, 0.2) is 30.6 Å². The first-order chi connectivity index (χ1) is 12.5. The highest BCUT2D eigenvalue weighted by molar-refractivity contribution is 6.31. The van der Waals surface area contributed by atoms with E-state index in [0.717, 1.165) is 31.8 Å². The number of urea groups is 1. The number of imidazole rings is 1. The first-order valence-corrected chi connectivity index (χ1v) is 9.12. The van der Waals surface area contributed by atoms with E-state index in [2.05, 4.69) is 26.8 Å². The lowest BCUT2D eigenvalue weighted by molar-refractivity contribution is 0.0197. The lowest BCUT2D eigenvalue weighted by Gasteiger charge is -2.49. The molecule has 1 aromatic heterocycles. The molecule has 0 radical (unpaired) electrons. The molecule has 3 heterocycles. The molecule has 0 atom stereocenters. The number of carbonyl (C=O) groups is 1. The van der Waals surface area contributed by atoms with Crippen LogP contribution in [-0.2, 0) is 12.1 Å². The molecule has 0 bridgehead atoms. The number of carbonyl (C=O) groups excluding carboxylic acids is 1. The van der Waals surface area contributed by atoms with Crippen molar-refractivity contribution in [3.05, 3.63) is 47.3 Å². The number of piperidine rings is 1. The Kier molecular flexibility index (Phi) is 4.36. The molecule has 6 nitrogen and oxygen atoms in total. The summed E-state index contributed by atoms with van der Waals surface area (Å²) in [7, 11) is 2.12. The SMILES string of the molecule is CN1CCn2ccnc2C12CCN(C(=O)Nc1cccc(Cl)c1F)CC2. The molecule has 138 valence electrons. The first-order valence-electron chi connectivity index (χ1n) is 8.74. The molecular weight excluding hydrogens is 357 g/mol. The second kappa shape index (κ2) is 6.55. The van der Waals surface area contributed by atoms with E-state index in [1.807, 2.05) is 12.4 Å². The van der Waals surface area contributed by atoms with Crippen molar-refractivity contribution in [1.29, 1.82) is 0 Å². The summed E-state index contributed by atoms with van der Waals surface area (Å²) in [5, 5.41) is 2.63. The second-order valence-corrected chi connectivity index (χ2v) is 7.32. The highest BCUT2D eigenvalue weighted by Gasteiger charge is 2.45. The summed E-state index contributed by atoms with van der Waals surface area (Å²) >= 11 is 5.78. The number of anilines is 1. The van der Waals surface area contributed by atoms with Crippen LogP contribution in [0.3, 0.4) is 0 Å². The molecule has 1 aromatic carbocycles. The fraction of sp³-hybridized carbons (Fsp3) is 0.444. The van der Waals surface area contributed by atoms with Crippen LogP contribution in [0.4, 0.5) is 14.9 Å². The van der Waals surface area contributed by atoms with E-state index >= 15 is 0 Å². The zero-order valence-electron chi connectivity index (χ0n) is 14.6. The van der Waals surface area contributed by atoms with Crippen molar-refractivity contribution in [3.8, 4) is 0 Å². The van der Waals surface area contributed by atoms with E-state index in [9.17, 15) is 9.18 Å². The third kappa shape index (κ3) is 2.75. The Bertz CT molecular complexity index is 831. The number of hydrogen-bond acceptors (Lipinski definition) is 3. The maximum absolute atomic E-state index is 14.0. The zero-order chi connectivity index (χ0) is 18.3. The van der Waals surface area contributed by atoms with Gasteiger partial charge in [-0.3, -0.25) is 4.90 Å². The molecule has 26 heavy (non-hydrogen) atoms. The van der Waals surface area contributed by atoms with Crippen molar-refractivity contribution in [2.24, 2.45) is 0 Å². The summed E-state index contributed by atoms with van der Waals surface area (Å²) in [6, 6.07) is 4.28. The Morgan fingerprint density at radius 1 is 1.27 bits per heavy atom. The second-order valence-electron chi connectivity index (χ2n) is 6.92. The Morgan fingerprint density at radius 2 is 2.04 bits per heavy atom. The molecule has 1 fully saturated rings. The molecule has 0 unspecified atom stereocenters. The smallest absolute Gasteiger partial charge is 0.321 e. The van der Waals surface area contributed by atoms with Crippen LogP contribution in [0.2, 0.25) is 5.02 Å². The number of nitrogens with one attached hydrogen (secondary N) is 1. The number of likely N-dealkylation sites (N-methyl/N-ethyl adjacent to an activating group) is 1.